The van der Waals surface area contributed by atoms with Crippen LogP contribution in [0.3, 0.4) is 0 Å². The van der Waals surface area contributed by atoms with Crippen molar-refractivity contribution in [2.24, 2.45) is 0 Å². The van der Waals surface area contributed by atoms with Crippen LogP contribution in [0.1, 0.15) is 37.8 Å². The Morgan fingerprint density at radius 1 is 1.06 bits per heavy atom. The largest absolute Gasteiger partial charge is 0.444 e. The molecular formula is C26H36Cl2N4O3. The second kappa shape index (κ2) is 13.0. The summed E-state index contributed by atoms with van der Waals surface area (Å²) in [5.41, 5.74) is 5.15. The Hall–Kier alpha value is -2.48. The fourth-order valence-corrected chi connectivity index (χ4v) is 4.80. The zero-order valence-electron chi connectivity index (χ0n) is 20.7. The Kier molecular flexibility index (Phi) is 10.7. The van der Waals surface area contributed by atoms with Crippen LogP contribution in [-0.4, -0.2) is 55.7 Å². The van der Waals surface area contributed by atoms with Gasteiger partial charge in [0.25, 0.3) is 0 Å². The number of fused-ring (bicyclic) bond motifs is 1. The van der Waals surface area contributed by atoms with E-state index in [2.05, 4.69) is 35.0 Å². The third kappa shape index (κ3) is 6.81. The number of cyclic esters (lactones) is 1. The molecule has 2 aromatic carbocycles. The number of hydrogen-bond acceptors (Lipinski definition) is 5. The lowest BCUT2D eigenvalue weighted by molar-refractivity contribution is -0.117. The zero-order chi connectivity index (χ0) is 23.4. The van der Waals surface area contributed by atoms with Crippen molar-refractivity contribution in [3.05, 3.63) is 53.6 Å². The number of anilines is 3. The highest BCUT2D eigenvalue weighted by Crippen LogP contribution is 2.32. The molecule has 0 aliphatic carbocycles. The van der Waals surface area contributed by atoms with Crippen LogP contribution in [0.5, 0.6) is 0 Å². The second-order valence-corrected chi connectivity index (χ2v) is 8.83. The summed E-state index contributed by atoms with van der Waals surface area (Å²) >= 11 is 0. The van der Waals surface area contributed by atoms with Gasteiger partial charge in [-0.05, 0) is 63.9 Å². The maximum absolute atomic E-state index is 12.6. The standard InChI is InChI=1S/C26H34N4O3.2ClH/c1-4-29(5-2)22-9-7-21(8-10-22)27-25(31)17-28-14-12-23(13-15-28)30-24-11-6-19(3)16-20(24)18-33-26(30)32;;/h6-11,16,23H,4-5,12-15,17-18H2,1-3H3,(H,27,31);2*1H. The summed E-state index contributed by atoms with van der Waals surface area (Å²) in [4.78, 5) is 31.4. The predicted molar refractivity (Wildman–Crippen MR) is 146 cm³/mol. The Morgan fingerprint density at radius 2 is 1.71 bits per heavy atom. The van der Waals surface area contributed by atoms with Crippen LogP contribution < -0.4 is 15.1 Å². The Balaban J connectivity index is 0.00000216. The normalized spacial score (nSPS) is 15.9. The average Bonchev–Trinajstić information content (AvgIpc) is 2.82. The number of nitrogens with zero attached hydrogens (tertiary/aromatic N) is 3. The number of benzene rings is 2. The monoisotopic (exact) mass is 522 g/mol. The number of hydrogen-bond donors (Lipinski definition) is 1. The molecule has 4 rings (SSSR count). The highest BCUT2D eigenvalue weighted by atomic mass is 35.5. The van der Waals surface area contributed by atoms with Gasteiger partial charge in [0.05, 0.1) is 12.2 Å². The van der Waals surface area contributed by atoms with E-state index in [9.17, 15) is 9.59 Å². The fourth-order valence-electron chi connectivity index (χ4n) is 4.80. The molecular weight excluding hydrogens is 487 g/mol. The molecule has 2 aliphatic rings. The number of ether oxygens (including phenoxy) is 1. The molecule has 1 N–H and O–H groups in total. The Bertz CT molecular complexity index is 991. The van der Waals surface area contributed by atoms with Crippen molar-refractivity contribution in [2.45, 2.75) is 46.3 Å². The van der Waals surface area contributed by atoms with Gasteiger partial charge in [0.15, 0.2) is 0 Å². The minimum absolute atomic E-state index is 0. The van der Waals surface area contributed by atoms with E-state index < -0.39 is 0 Å². The van der Waals surface area contributed by atoms with Crippen molar-refractivity contribution in [3.63, 3.8) is 0 Å². The van der Waals surface area contributed by atoms with E-state index >= 15 is 0 Å². The van der Waals surface area contributed by atoms with Gasteiger partial charge in [-0.1, -0.05) is 17.7 Å². The molecule has 1 saturated heterocycles. The van der Waals surface area contributed by atoms with Crippen molar-refractivity contribution in [2.75, 3.05) is 47.8 Å². The summed E-state index contributed by atoms with van der Waals surface area (Å²) in [7, 11) is 0. The van der Waals surface area contributed by atoms with Crippen LogP contribution in [-0.2, 0) is 16.1 Å². The number of piperidine rings is 1. The van der Waals surface area contributed by atoms with Crippen molar-refractivity contribution in [1.82, 2.24) is 4.90 Å². The maximum Gasteiger partial charge on any atom is 0.414 e. The quantitative estimate of drug-likeness (QED) is 0.538. The molecule has 0 unspecified atom stereocenters. The summed E-state index contributed by atoms with van der Waals surface area (Å²) in [6, 6.07) is 14.2. The van der Waals surface area contributed by atoms with Crippen LogP contribution in [0.15, 0.2) is 42.5 Å². The third-order valence-electron chi connectivity index (χ3n) is 6.61. The number of halogens is 2. The minimum Gasteiger partial charge on any atom is -0.444 e. The first-order chi connectivity index (χ1) is 16.0. The van der Waals surface area contributed by atoms with Crippen LogP contribution >= 0.6 is 24.8 Å². The van der Waals surface area contributed by atoms with Gasteiger partial charge in [-0.2, -0.15) is 0 Å². The molecule has 2 heterocycles. The average molecular weight is 524 g/mol. The lowest BCUT2D eigenvalue weighted by Crippen LogP contribution is -2.50. The van der Waals surface area contributed by atoms with E-state index in [-0.39, 0.29) is 42.9 Å². The molecule has 0 radical (unpaired) electrons. The molecule has 0 atom stereocenters. The molecule has 1 fully saturated rings. The number of nitrogens with one attached hydrogen (secondary N) is 1. The van der Waals surface area contributed by atoms with E-state index in [1.165, 1.54) is 0 Å². The highest BCUT2D eigenvalue weighted by molar-refractivity contribution is 5.93. The minimum atomic E-state index is -0.268. The molecule has 2 aliphatic heterocycles. The lowest BCUT2D eigenvalue weighted by Gasteiger charge is -2.40. The Labute approximate surface area is 220 Å². The summed E-state index contributed by atoms with van der Waals surface area (Å²) in [5, 5.41) is 3.01. The van der Waals surface area contributed by atoms with Gasteiger partial charge in [0.1, 0.15) is 6.61 Å². The lowest BCUT2D eigenvalue weighted by atomic mass is 10.00. The molecule has 192 valence electrons. The van der Waals surface area contributed by atoms with Crippen molar-refractivity contribution in [3.8, 4) is 0 Å². The molecule has 2 aromatic rings. The third-order valence-corrected chi connectivity index (χ3v) is 6.61. The Morgan fingerprint density at radius 3 is 2.34 bits per heavy atom. The topological polar surface area (TPSA) is 65.1 Å². The van der Waals surface area contributed by atoms with Gasteiger partial charge in [-0.15, -0.1) is 24.8 Å². The zero-order valence-corrected chi connectivity index (χ0v) is 22.3. The van der Waals surface area contributed by atoms with Gasteiger partial charge in [0.2, 0.25) is 5.91 Å². The van der Waals surface area contributed by atoms with Crippen LogP contribution in [0.2, 0.25) is 0 Å². The molecule has 9 heteroatoms. The molecule has 35 heavy (non-hydrogen) atoms. The number of amides is 2. The fraction of sp³-hybridized carbons (Fsp3) is 0.462. The molecule has 7 nitrogen and oxygen atoms in total. The highest BCUT2D eigenvalue weighted by Gasteiger charge is 2.34. The van der Waals surface area contributed by atoms with Gasteiger partial charge in [-0.3, -0.25) is 14.6 Å². The van der Waals surface area contributed by atoms with Gasteiger partial charge in [-0.25, -0.2) is 4.79 Å². The first-order valence-electron chi connectivity index (χ1n) is 11.9. The van der Waals surface area contributed by atoms with Crippen LogP contribution in [0.25, 0.3) is 0 Å². The van der Waals surface area contributed by atoms with Crippen LogP contribution in [0, 0.1) is 6.92 Å². The molecule has 2 amide bonds. The van der Waals surface area contributed by atoms with E-state index in [1.807, 2.05) is 48.2 Å². The summed E-state index contributed by atoms with van der Waals surface area (Å²) in [6.45, 7) is 10.5. The first-order valence-corrected chi connectivity index (χ1v) is 11.9. The van der Waals surface area contributed by atoms with E-state index in [1.54, 1.807) is 0 Å². The van der Waals surface area contributed by atoms with Crippen molar-refractivity contribution in [1.29, 1.82) is 0 Å². The van der Waals surface area contributed by atoms with Crippen molar-refractivity contribution < 1.29 is 14.3 Å². The number of likely N-dealkylation sites (tertiary alicyclic amines) is 1. The molecule has 0 aromatic heterocycles. The SMILES string of the molecule is CCN(CC)c1ccc(NC(=O)CN2CCC(N3C(=O)OCc4cc(C)ccc43)CC2)cc1.Cl.Cl. The molecule has 0 spiro atoms. The maximum atomic E-state index is 12.6. The predicted octanol–water partition coefficient (Wildman–Crippen LogP) is 5.24. The van der Waals surface area contributed by atoms with Crippen LogP contribution in [0.4, 0.5) is 21.9 Å². The smallest absolute Gasteiger partial charge is 0.414 e. The second-order valence-electron chi connectivity index (χ2n) is 8.83. The van der Waals surface area contributed by atoms with Gasteiger partial charge in [0, 0.05) is 49.2 Å². The number of aryl methyl sites for hydroxylation is 1. The van der Waals surface area contributed by atoms with Crippen molar-refractivity contribution >= 4 is 53.9 Å². The molecule has 0 saturated carbocycles. The summed E-state index contributed by atoms with van der Waals surface area (Å²) in [5.74, 6) is -0.0118. The van der Waals surface area contributed by atoms with Gasteiger partial charge >= 0.3 is 6.09 Å². The number of carbonyl (C=O) groups is 2. The summed E-state index contributed by atoms with van der Waals surface area (Å²) in [6.07, 6.45) is 1.36. The summed E-state index contributed by atoms with van der Waals surface area (Å²) < 4.78 is 5.43. The molecule has 0 bridgehead atoms. The van der Waals surface area contributed by atoms with Gasteiger partial charge < -0.3 is 15.0 Å². The van der Waals surface area contributed by atoms with E-state index in [4.69, 9.17) is 4.74 Å². The van der Waals surface area contributed by atoms with E-state index in [0.717, 1.165) is 67.2 Å². The van der Waals surface area contributed by atoms with E-state index in [0.29, 0.717) is 13.2 Å². The number of carbonyl (C=O) groups excluding carboxylic acids is 2. The number of rotatable bonds is 7. The first kappa shape index (κ1) is 28.8.